The summed E-state index contributed by atoms with van der Waals surface area (Å²) in [6, 6.07) is 94.3. The number of hydrogen-bond donors (Lipinski definition) is 0. The Hall–Kier alpha value is -9.34. The van der Waals surface area contributed by atoms with Crippen LogP contribution in [-0.4, -0.2) is 19.9 Å². The maximum Gasteiger partial charge on any atom is 0.160 e. The molecule has 12 aromatic rings. The second kappa shape index (κ2) is 19.5. The van der Waals surface area contributed by atoms with Crippen molar-refractivity contribution >= 4 is 57.6 Å². The fourth-order valence-corrected chi connectivity index (χ4v) is 12.3. The van der Waals surface area contributed by atoms with E-state index in [1.54, 1.807) is 0 Å². The maximum atomic E-state index is 5.42. The standard InChI is InChI=1S/C68H44N6S2/c1-5-21-45(22-6-1)55-43-57(71-67(69-55)47-25-9-3-10-26-47)51-37-49(38-52(39-51)58-44-56(46-23-7-2-8-24-46)70-68(72-58)48-27-11-4-12-28-48)50-40-53(73-59-29-13-17-33-63(59)75-64-34-18-14-30-60(64)73)42-54(41-50)74-61-31-15-19-35-65(61)76-66-36-20-16-32-62(66)74/h1-44H. The van der Waals surface area contributed by atoms with E-state index >= 15 is 0 Å². The van der Waals surface area contributed by atoms with Crippen molar-refractivity contribution in [3.63, 3.8) is 0 Å². The Bertz CT molecular complexity index is 3670. The summed E-state index contributed by atoms with van der Waals surface area (Å²) in [6.07, 6.45) is 0. The molecule has 0 saturated heterocycles. The van der Waals surface area contributed by atoms with Gasteiger partial charge in [0.1, 0.15) is 0 Å². The van der Waals surface area contributed by atoms with E-state index in [-0.39, 0.29) is 0 Å². The normalized spacial score (nSPS) is 12.3. The van der Waals surface area contributed by atoms with Gasteiger partial charge in [-0.25, -0.2) is 19.9 Å². The third-order valence-electron chi connectivity index (χ3n) is 13.8. The zero-order valence-corrected chi connectivity index (χ0v) is 42.5. The number of benzene rings is 10. The summed E-state index contributed by atoms with van der Waals surface area (Å²) in [5.41, 5.74) is 17.6. The van der Waals surface area contributed by atoms with Gasteiger partial charge >= 0.3 is 0 Å². The largest absolute Gasteiger partial charge is 0.308 e. The molecule has 10 aromatic carbocycles. The van der Waals surface area contributed by atoms with E-state index in [1.165, 1.54) is 19.6 Å². The van der Waals surface area contributed by atoms with E-state index in [1.807, 2.05) is 72.1 Å². The first-order valence-corrected chi connectivity index (χ1v) is 26.9. The van der Waals surface area contributed by atoms with Gasteiger partial charge in [0.25, 0.3) is 0 Å². The van der Waals surface area contributed by atoms with Gasteiger partial charge in [-0.1, -0.05) is 193 Å². The molecule has 0 unspecified atom stereocenters. The predicted molar refractivity (Wildman–Crippen MR) is 313 cm³/mol. The number of hydrogen-bond acceptors (Lipinski definition) is 8. The van der Waals surface area contributed by atoms with Gasteiger partial charge in [-0.3, -0.25) is 0 Å². The average Bonchev–Trinajstić information content (AvgIpc) is 3.56. The van der Waals surface area contributed by atoms with Gasteiger partial charge in [-0.2, -0.15) is 0 Å². The van der Waals surface area contributed by atoms with Crippen LogP contribution < -0.4 is 9.80 Å². The quantitative estimate of drug-likeness (QED) is 0.142. The number of nitrogens with zero attached hydrogens (tertiary/aromatic N) is 6. The van der Waals surface area contributed by atoms with Crippen molar-refractivity contribution in [3.05, 3.63) is 267 Å². The first kappa shape index (κ1) is 45.3. The average molecular weight is 1010 g/mol. The zero-order chi connectivity index (χ0) is 50.4. The lowest BCUT2D eigenvalue weighted by molar-refractivity contribution is 1.15. The lowest BCUT2D eigenvalue weighted by atomic mass is 9.94. The highest BCUT2D eigenvalue weighted by molar-refractivity contribution is 8.00. The summed E-state index contributed by atoms with van der Waals surface area (Å²) < 4.78 is 0. The Labute approximate surface area is 450 Å². The van der Waals surface area contributed by atoms with Crippen LogP contribution in [0.3, 0.4) is 0 Å². The smallest absolute Gasteiger partial charge is 0.160 e. The van der Waals surface area contributed by atoms with Gasteiger partial charge in [-0.05, 0) is 108 Å². The van der Waals surface area contributed by atoms with Crippen molar-refractivity contribution in [3.8, 4) is 78.9 Å². The van der Waals surface area contributed by atoms with Crippen LogP contribution in [0.25, 0.3) is 78.9 Å². The van der Waals surface area contributed by atoms with Crippen molar-refractivity contribution in [2.24, 2.45) is 0 Å². The number of anilines is 6. The van der Waals surface area contributed by atoms with Crippen LogP contribution in [0.15, 0.2) is 287 Å². The molecular weight excluding hydrogens is 965 g/mol. The molecule has 0 saturated carbocycles. The molecule has 4 heterocycles. The van der Waals surface area contributed by atoms with Crippen LogP contribution in [-0.2, 0) is 0 Å². The van der Waals surface area contributed by atoms with Crippen molar-refractivity contribution in [2.45, 2.75) is 19.6 Å². The monoisotopic (exact) mass is 1010 g/mol. The number of rotatable bonds is 9. The summed E-state index contributed by atoms with van der Waals surface area (Å²) in [4.78, 5) is 30.9. The summed E-state index contributed by atoms with van der Waals surface area (Å²) in [5, 5.41) is 0. The van der Waals surface area contributed by atoms with Crippen LogP contribution in [0.4, 0.5) is 34.1 Å². The van der Waals surface area contributed by atoms with E-state index in [4.69, 9.17) is 19.9 Å². The third kappa shape index (κ3) is 8.59. The van der Waals surface area contributed by atoms with Gasteiger partial charge < -0.3 is 9.80 Å². The molecule has 0 atom stereocenters. The zero-order valence-electron chi connectivity index (χ0n) is 40.9. The molecular formula is C68H44N6S2. The van der Waals surface area contributed by atoms with Gasteiger partial charge in [0.15, 0.2) is 11.6 Å². The Morgan fingerprint density at radius 1 is 0.224 bits per heavy atom. The van der Waals surface area contributed by atoms with E-state index in [0.29, 0.717) is 11.6 Å². The molecule has 0 amide bonds. The molecule has 0 bridgehead atoms. The topological polar surface area (TPSA) is 58.0 Å². The molecule has 2 aliphatic rings. The molecule has 2 aliphatic heterocycles. The van der Waals surface area contributed by atoms with Crippen LogP contribution in [0.5, 0.6) is 0 Å². The van der Waals surface area contributed by atoms with Crippen LogP contribution >= 0.6 is 23.5 Å². The Balaban J connectivity index is 1.06. The molecule has 358 valence electrons. The SMILES string of the molecule is c1ccc(-c2cc(-c3cc(-c4cc(N5c6ccccc6Sc6ccccc65)cc(N5c6ccccc6Sc6ccccc65)c4)cc(-c4cc(-c5ccccc5)nc(-c5ccccc5)n4)c3)nc(-c3ccccc3)n2)cc1. The molecule has 0 N–H and O–H groups in total. The number of fused-ring (bicyclic) bond motifs is 4. The first-order valence-electron chi connectivity index (χ1n) is 25.3. The molecule has 6 nitrogen and oxygen atoms in total. The Kier molecular flexibility index (Phi) is 11.6. The molecule has 14 rings (SSSR count). The second-order valence-corrected chi connectivity index (χ2v) is 20.8. The van der Waals surface area contributed by atoms with Gasteiger partial charge in [0.2, 0.25) is 0 Å². The predicted octanol–water partition coefficient (Wildman–Crippen LogP) is 18.8. The van der Waals surface area contributed by atoms with Crippen LogP contribution in [0, 0.1) is 0 Å². The van der Waals surface area contributed by atoms with E-state index in [9.17, 15) is 0 Å². The number of aromatic nitrogens is 4. The highest BCUT2D eigenvalue weighted by atomic mass is 32.2. The molecule has 0 radical (unpaired) electrons. The molecule has 76 heavy (non-hydrogen) atoms. The molecule has 0 aliphatic carbocycles. The molecule has 0 spiro atoms. The van der Waals surface area contributed by atoms with E-state index in [2.05, 4.69) is 228 Å². The first-order chi connectivity index (χ1) is 37.6. The van der Waals surface area contributed by atoms with E-state index < -0.39 is 0 Å². The lowest BCUT2D eigenvalue weighted by Gasteiger charge is -2.36. The molecule has 8 heteroatoms. The minimum Gasteiger partial charge on any atom is -0.308 e. The molecule has 2 aromatic heterocycles. The third-order valence-corrected chi connectivity index (χ3v) is 16.1. The van der Waals surface area contributed by atoms with Crippen molar-refractivity contribution in [2.75, 3.05) is 9.80 Å². The summed E-state index contributed by atoms with van der Waals surface area (Å²) in [5.74, 6) is 1.29. The minimum absolute atomic E-state index is 0.647. The van der Waals surface area contributed by atoms with Crippen molar-refractivity contribution in [1.82, 2.24) is 19.9 Å². The number of para-hydroxylation sites is 4. The van der Waals surface area contributed by atoms with E-state index in [0.717, 1.165) is 101 Å². The van der Waals surface area contributed by atoms with Gasteiger partial charge in [0, 0.05) is 64.3 Å². The summed E-state index contributed by atoms with van der Waals surface area (Å²) in [6.45, 7) is 0. The minimum atomic E-state index is 0.647. The summed E-state index contributed by atoms with van der Waals surface area (Å²) >= 11 is 3.63. The Morgan fingerprint density at radius 2 is 0.500 bits per heavy atom. The maximum absolute atomic E-state index is 5.42. The fraction of sp³-hybridized carbons (Fsp3) is 0. The summed E-state index contributed by atoms with van der Waals surface area (Å²) in [7, 11) is 0. The van der Waals surface area contributed by atoms with Crippen LogP contribution in [0.2, 0.25) is 0 Å². The van der Waals surface area contributed by atoms with Crippen molar-refractivity contribution in [1.29, 1.82) is 0 Å². The molecule has 0 fully saturated rings. The fourth-order valence-electron chi connectivity index (χ4n) is 10.2. The Morgan fingerprint density at radius 3 is 0.855 bits per heavy atom. The van der Waals surface area contributed by atoms with Gasteiger partial charge in [-0.15, -0.1) is 0 Å². The van der Waals surface area contributed by atoms with Crippen molar-refractivity contribution < 1.29 is 0 Å². The highest BCUT2D eigenvalue weighted by Crippen LogP contribution is 2.55. The van der Waals surface area contributed by atoms with Gasteiger partial charge in [0.05, 0.1) is 45.5 Å². The second-order valence-electron chi connectivity index (χ2n) is 18.7. The highest BCUT2D eigenvalue weighted by Gasteiger charge is 2.29. The van der Waals surface area contributed by atoms with Crippen LogP contribution in [0.1, 0.15) is 0 Å². The lowest BCUT2D eigenvalue weighted by Crippen LogP contribution is -2.17.